The molecular weight excluding hydrogens is 303 g/mol. The second-order valence-electron chi connectivity index (χ2n) is 5.10. The summed E-state index contributed by atoms with van der Waals surface area (Å²) in [6.07, 6.45) is 2.18. The van der Waals surface area contributed by atoms with Crippen molar-refractivity contribution in [1.29, 1.82) is 0 Å². The van der Waals surface area contributed by atoms with Gasteiger partial charge in [-0.05, 0) is 29.8 Å². The summed E-state index contributed by atoms with van der Waals surface area (Å²) in [4.78, 5) is 6.89. The minimum Gasteiger partial charge on any atom is -0.324 e. The maximum Gasteiger partial charge on any atom is 0.136 e. The van der Waals surface area contributed by atoms with E-state index in [1.54, 1.807) is 6.07 Å². The fraction of sp³-hybridized carbons (Fsp3) is 0.118. The summed E-state index contributed by atoms with van der Waals surface area (Å²) in [6, 6.07) is 13.9. The van der Waals surface area contributed by atoms with E-state index in [4.69, 9.17) is 23.2 Å². The van der Waals surface area contributed by atoms with Gasteiger partial charge in [-0.15, -0.1) is 0 Å². The van der Waals surface area contributed by atoms with Gasteiger partial charge in [-0.25, -0.2) is 0 Å². The minimum atomic E-state index is 0.649. The average Bonchev–Trinajstić information content (AvgIpc) is 2.96. The minimum absolute atomic E-state index is 0.649. The normalized spacial score (nSPS) is 16.2. The quantitative estimate of drug-likeness (QED) is 0.753. The van der Waals surface area contributed by atoms with Crippen LogP contribution in [-0.4, -0.2) is 23.8 Å². The number of benzene rings is 2. The van der Waals surface area contributed by atoms with Crippen molar-refractivity contribution < 1.29 is 0 Å². The third-order valence-corrected chi connectivity index (χ3v) is 4.38. The predicted octanol–water partition coefficient (Wildman–Crippen LogP) is 4.57. The molecule has 0 unspecified atom stereocenters. The van der Waals surface area contributed by atoms with E-state index >= 15 is 0 Å². The predicted molar refractivity (Wildman–Crippen MR) is 88.9 cm³/mol. The Kier molecular flexibility index (Phi) is 3.02. The van der Waals surface area contributed by atoms with Gasteiger partial charge < -0.3 is 4.90 Å². The number of aliphatic imine (C=N–C) groups is 1. The van der Waals surface area contributed by atoms with Gasteiger partial charge in [-0.2, -0.15) is 0 Å². The van der Waals surface area contributed by atoms with E-state index in [0.717, 1.165) is 30.2 Å². The topological polar surface area (TPSA) is 15.6 Å². The molecule has 0 atom stereocenters. The molecule has 0 aromatic heterocycles. The van der Waals surface area contributed by atoms with Crippen molar-refractivity contribution in [2.75, 3.05) is 13.1 Å². The number of fused-ring (bicyclic) bond motifs is 3. The van der Waals surface area contributed by atoms with Crippen LogP contribution in [0.3, 0.4) is 0 Å². The zero-order valence-electron chi connectivity index (χ0n) is 11.2. The first-order chi connectivity index (χ1) is 10.2. The lowest BCUT2D eigenvalue weighted by Crippen LogP contribution is -2.30. The fourth-order valence-corrected chi connectivity index (χ4v) is 3.39. The first-order valence-electron chi connectivity index (χ1n) is 6.82. The van der Waals surface area contributed by atoms with E-state index in [9.17, 15) is 0 Å². The molecule has 0 saturated heterocycles. The molecule has 0 aliphatic carbocycles. The highest BCUT2D eigenvalue weighted by molar-refractivity contribution is 6.36. The monoisotopic (exact) mass is 314 g/mol. The highest BCUT2D eigenvalue weighted by Gasteiger charge is 2.29. The number of halogens is 2. The van der Waals surface area contributed by atoms with Crippen molar-refractivity contribution >= 4 is 40.8 Å². The van der Waals surface area contributed by atoms with Crippen LogP contribution in [0.15, 0.2) is 47.5 Å². The Morgan fingerprint density at radius 3 is 2.71 bits per heavy atom. The van der Waals surface area contributed by atoms with E-state index in [0.29, 0.717) is 10.0 Å². The number of rotatable bonds is 1. The van der Waals surface area contributed by atoms with Gasteiger partial charge in [0.05, 0.1) is 17.3 Å². The van der Waals surface area contributed by atoms with Crippen LogP contribution in [0, 0.1) is 0 Å². The van der Waals surface area contributed by atoms with E-state index in [1.165, 1.54) is 11.1 Å². The van der Waals surface area contributed by atoms with Gasteiger partial charge in [-0.1, -0.05) is 47.5 Å². The second-order valence-corrected chi connectivity index (χ2v) is 5.94. The number of nitrogens with zero attached hydrogens (tertiary/aromatic N) is 2. The van der Waals surface area contributed by atoms with Crippen molar-refractivity contribution in [1.82, 2.24) is 4.90 Å². The number of amidine groups is 1. The van der Waals surface area contributed by atoms with Crippen molar-refractivity contribution in [2.45, 2.75) is 0 Å². The molecule has 21 heavy (non-hydrogen) atoms. The molecule has 0 spiro atoms. The Balaban J connectivity index is 1.93. The van der Waals surface area contributed by atoms with E-state index in [2.05, 4.69) is 28.1 Å². The summed E-state index contributed by atoms with van der Waals surface area (Å²) in [5.74, 6) is 1.04. The lowest BCUT2D eigenvalue weighted by molar-refractivity contribution is 0.638. The molecule has 4 heteroatoms. The molecule has 2 aromatic rings. The van der Waals surface area contributed by atoms with E-state index in [-0.39, 0.29) is 0 Å². The highest BCUT2D eigenvalue weighted by Crippen LogP contribution is 2.36. The van der Waals surface area contributed by atoms with Gasteiger partial charge in [0.2, 0.25) is 0 Å². The summed E-state index contributed by atoms with van der Waals surface area (Å²) in [7, 11) is 0. The third kappa shape index (κ3) is 2.06. The van der Waals surface area contributed by atoms with Gasteiger partial charge in [0, 0.05) is 22.7 Å². The zero-order valence-corrected chi connectivity index (χ0v) is 12.7. The maximum absolute atomic E-state index is 6.39. The Hall–Kier alpha value is -1.77. The van der Waals surface area contributed by atoms with Gasteiger partial charge in [0.25, 0.3) is 0 Å². The molecule has 0 amide bonds. The Morgan fingerprint density at radius 1 is 1.00 bits per heavy atom. The molecule has 2 heterocycles. The standard InChI is InChI=1S/C17H12Cl2N2/c18-12-5-6-14(15(19)10-12)16-9-11-3-1-2-4-13(11)17-20-7-8-21(16)17/h1-6,9-10H,7-8H2. The molecule has 104 valence electrons. The lowest BCUT2D eigenvalue weighted by atomic mass is 9.97. The smallest absolute Gasteiger partial charge is 0.136 e. The fourth-order valence-electron chi connectivity index (χ4n) is 2.88. The van der Waals surface area contributed by atoms with Crippen LogP contribution in [0.2, 0.25) is 10.0 Å². The van der Waals surface area contributed by atoms with Crippen LogP contribution in [0.25, 0.3) is 11.8 Å². The van der Waals surface area contributed by atoms with Gasteiger partial charge in [0.1, 0.15) is 5.84 Å². The summed E-state index contributed by atoms with van der Waals surface area (Å²) in [5, 5.41) is 1.32. The SMILES string of the molecule is Clc1ccc(C2=Cc3ccccc3C3=NCCN23)c(Cl)c1. The number of hydrogen-bond acceptors (Lipinski definition) is 2. The van der Waals surface area contributed by atoms with Crippen molar-refractivity contribution in [3.63, 3.8) is 0 Å². The van der Waals surface area contributed by atoms with Crippen LogP contribution >= 0.6 is 23.2 Å². The molecular formula is C17H12Cl2N2. The largest absolute Gasteiger partial charge is 0.324 e. The second kappa shape index (κ2) is 4.90. The highest BCUT2D eigenvalue weighted by atomic mass is 35.5. The van der Waals surface area contributed by atoms with Crippen LogP contribution in [0.4, 0.5) is 0 Å². The average molecular weight is 315 g/mol. The van der Waals surface area contributed by atoms with Crippen LogP contribution in [-0.2, 0) is 0 Å². The van der Waals surface area contributed by atoms with Crippen molar-refractivity contribution in [2.24, 2.45) is 4.99 Å². The lowest BCUT2D eigenvalue weighted by Gasteiger charge is -2.29. The number of hydrogen-bond donors (Lipinski definition) is 0. The Morgan fingerprint density at radius 2 is 1.86 bits per heavy atom. The Labute approximate surface area is 133 Å². The summed E-state index contributed by atoms with van der Waals surface area (Å²) in [6.45, 7) is 1.70. The maximum atomic E-state index is 6.39. The van der Waals surface area contributed by atoms with Gasteiger partial charge in [0.15, 0.2) is 0 Å². The van der Waals surface area contributed by atoms with E-state index < -0.39 is 0 Å². The molecule has 0 saturated carbocycles. The van der Waals surface area contributed by atoms with Gasteiger partial charge >= 0.3 is 0 Å². The zero-order chi connectivity index (χ0) is 14.4. The molecule has 0 bridgehead atoms. The first kappa shape index (κ1) is 12.9. The van der Waals surface area contributed by atoms with Crippen LogP contribution in [0.5, 0.6) is 0 Å². The summed E-state index contributed by atoms with van der Waals surface area (Å²) >= 11 is 12.4. The van der Waals surface area contributed by atoms with Crippen LogP contribution in [0.1, 0.15) is 16.7 Å². The molecule has 0 fully saturated rings. The van der Waals surface area contributed by atoms with Gasteiger partial charge in [-0.3, -0.25) is 4.99 Å². The Bertz CT molecular complexity index is 793. The molecule has 0 radical (unpaired) electrons. The summed E-state index contributed by atoms with van der Waals surface area (Å²) < 4.78 is 0. The molecule has 2 aliphatic heterocycles. The molecule has 2 aromatic carbocycles. The molecule has 0 N–H and O–H groups in total. The van der Waals surface area contributed by atoms with E-state index in [1.807, 2.05) is 24.3 Å². The summed E-state index contributed by atoms with van der Waals surface area (Å²) in [5.41, 5.74) is 4.44. The first-order valence-corrected chi connectivity index (χ1v) is 7.58. The molecule has 4 rings (SSSR count). The molecule has 2 aliphatic rings. The van der Waals surface area contributed by atoms with Crippen LogP contribution < -0.4 is 0 Å². The third-order valence-electron chi connectivity index (χ3n) is 3.83. The molecule has 2 nitrogen and oxygen atoms in total. The van der Waals surface area contributed by atoms with Crippen molar-refractivity contribution in [3.8, 4) is 0 Å². The van der Waals surface area contributed by atoms with Crippen molar-refractivity contribution in [3.05, 3.63) is 69.2 Å².